The number of hydrogen-bond acceptors (Lipinski definition) is 6. The van der Waals surface area contributed by atoms with Crippen molar-refractivity contribution in [1.82, 2.24) is 19.6 Å². The SMILES string of the molecule is COc1cc(-c2nnc3c4ccccc4nc(C)n23)cc(OC)c1OC. The summed E-state index contributed by atoms with van der Waals surface area (Å²) in [5.41, 5.74) is 2.45. The summed E-state index contributed by atoms with van der Waals surface area (Å²) < 4.78 is 18.2. The Bertz CT molecular complexity index is 1100. The maximum absolute atomic E-state index is 5.45. The van der Waals surface area contributed by atoms with Gasteiger partial charge in [-0.25, -0.2) is 4.98 Å². The first-order chi connectivity index (χ1) is 12.7. The predicted octanol–water partition coefficient (Wildman–Crippen LogP) is 3.28. The second-order valence-corrected chi connectivity index (χ2v) is 5.77. The lowest BCUT2D eigenvalue weighted by molar-refractivity contribution is 0.324. The lowest BCUT2D eigenvalue weighted by Crippen LogP contribution is -2.00. The molecule has 0 radical (unpaired) electrons. The summed E-state index contributed by atoms with van der Waals surface area (Å²) in [5.74, 6) is 3.12. The predicted molar refractivity (Wildman–Crippen MR) is 98.1 cm³/mol. The van der Waals surface area contributed by atoms with Crippen molar-refractivity contribution in [1.29, 1.82) is 0 Å². The van der Waals surface area contributed by atoms with Gasteiger partial charge < -0.3 is 14.2 Å². The molecule has 0 fully saturated rings. The summed E-state index contributed by atoms with van der Waals surface area (Å²) in [7, 11) is 4.75. The molecule has 0 atom stereocenters. The maximum Gasteiger partial charge on any atom is 0.203 e. The van der Waals surface area contributed by atoms with Gasteiger partial charge in [-0.2, -0.15) is 0 Å². The van der Waals surface area contributed by atoms with Crippen molar-refractivity contribution in [3.8, 4) is 28.6 Å². The molecule has 0 unspecified atom stereocenters. The normalized spacial score (nSPS) is 11.1. The molecule has 0 N–H and O–H groups in total. The molecule has 0 saturated carbocycles. The standard InChI is InChI=1S/C19H18N4O3/c1-11-20-14-8-6-5-7-13(14)19-22-21-18(23(11)19)12-9-15(24-2)17(26-4)16(10-12)25-3/h5-10H,1-4H3. The Morgan fingerprint density at radius 1 is 0.885 bits per heavy atom. The Morgan fingerprint density at radius 3 is 2.23 bits per heavy atom. The Kier molecular flexibility index (Phi) is 3.84. The molecule has 7 nitrogen and oxygen atoms in total. The number of aryl methyl sites for hydroxylation is 1. The highest BCUT2D eigenvalue weighted by Gasteiger charge is 2.19. The number of fused-ring (bicyclic) bond motifs is 3. The number of methoxy groups -OCH3 is 3. The van der Waals surface area contributed by atoms with Gasteiger partial charge in [-0.05, 0) is 31.2 Å². The first-order valence-electron chi connectivity index (χ1n) is 8.08. The molecule has 0 saturated heterocycles. The van der Waals surface area contributed by atoms with Gasteiger partial charge in [-0.15, -0.1) is 10.2 Å². The van der Waals surface area contributed by atoms with E-state index in [1.165, 1.54) is 0 Å². The molecular formula is C19H18N4O3. The number of aromatic nitrogens is 4. The van der Waals surface area contributed by atoms with E-state index in [0.29, 0.717) is 23.1 Å². The minimum Gasteiger partial charge on any atom is -0.493 e. The molecule has 7 heteroatoms. The van der Waals surface area contributed by atoms with E-state index in [4.69, 9.17) is 14.2 Å². The van der Waals surface area contributed by atoms with E-state index in [-0.39, 0.29) is 0 Å². The Hall–Kier alpha value is -3.35. The van der Waals surface area contributed by atoms with Crippen LogP contribution in [0.25, 0.3) is 27.9 Å². The maximum atomic E-state index is 5.45. The molecule has 2 aromatic heterocycles. The van der Waals surface area contributed by atoms with Crippen LogP contribution in [0.15, 0.2) is 36.4 Å². The van der Waals surface area contributed by atoms with Gasteiger partial charge in [0.05, 0.1) is 26.8 Å². The molecule has 132 valence electrons. The average molecular weight is 350 g/mol. The van der Waals surface area contributed by atoms with E-state index in [9.17, 15) is 0 Å². The van der Waals surface area contributed by atoms with E-state index < -0.39 is 0 Å². The molecule has 0 amide bonds. The van der Waals surface area contributed by atoms with Crippen molar-refractivity contribution in [2.75, 3.05) is 21.3 Å². The number of nitrogens with zero attached hydrogens (tertiary/aromatic N) is 4. The first-order valence-corrected chi connectivity index (χ1v) is 8.08. The highest BCUT2D eigenvalue weighted by molar-refractivity contribution is 5.92. The molecule has 26 heavy (non-hydrogen) atoms. The average Bonchev–Trinajstić information content (AvgIpc) is 3.13. The third kappa shape index (κ3) is 2.32. The van der Waals surface area contributed by atoms with Gasteiger partial charge in [-0.3, -0.25) is 4.40 Å². The Morgan fingerprint density at radius 2 is 1.58 bits per heavy atom. The van der Waals surface area contributed by atoms with Gasteiger partial charge in [0.2, 0.25) is 5.75 Å². The molecule has 4 aromatic rings. The lowest BCUT2D eigenvalue weighted by atomic mass is 10.1. The Balaban J connectivity index is 2.02. The van der Waals surface area contributed by atoms with Crippen molar-refractivity contribution in [2.45, 2.75) is 6.92 Å². The Labute approximate surface area is 150 Å². The monoisotopic (exact) mass is 350 g/mol. The zero-order valence-electron chi connectivity index (χ0n) is 15.0. The second kappa shape index (κ2) is 6.18. The summed E-state index contributed by atoms with van der Waals surface area (Å²) in [6, 6.07) is 11.6. The van der Waals surface area contributed by atoms with Crippen molar-refractivity contribution in [3.63, 3.8) is 0 Å². The van der Waals surface area contributed by atoms with Crippen LogP contribution < -0.4 is 14.2 Å². The first kappa shape index (κ1) is 16.1. The van der Waals surface area contributed by atoms with Crippen LogP contribution in [0.1, 0.15) is 5.82 Å². The minimum absolute atomic E-state index is 0.535. The number of rotatable bonds is 4. The fourth-order valence-electron chi connectivity index (χ4n) is 3.15. The third-order valence-corrected chi connectivity index (χ3v) is 4.34. The smallest absolute Gasteiger partial charge is 0.203 e. The van der Waals surface area contributed by atoms with Crippen LogP contribution in [-0.2, 0) is 0 Å². The fourth-order valence-corrected chi connectivity index (χ4v) is 3.15. The molecule has 0 aliphatic rings. The molecule has 0 bridgehead atoms. The summed E-state index contributed by atoms with van der Waals surface area (Å²) >= 11 is 0. The van der Waals surface area contributed by atoms with Gasteiger partial charge in [0.1, 0.15) is 5.82 Å². The summed E-state index contributed by atoms with van der Waals surface area (Å²) in [5, 5.41) is 9.75. The van der Waals surface area contributed by atoms with Crippen LogP contribution in [0.5, 0.6) is 17.2 Å². The van der Waals surface area contributed by atoms with E-state index in [1.54, 1.807) is 21.3 Å². The molecule has 2 aromatic carbocycles. The number of para-hydroxylation sites is 1. The zero-order valence-corrected chi connectivity index (χ0v) is 15.0. The summed E-state index contributed by atoms with van der Waals surface area (Å²) in [4.78, 5) is 4.68. The van der Waals surface area contributed by atoms with E-state index in [2.05, 4.69) is 15.2 Å². The van der Waals surface area contributed by atoms with Crippen molar-refractivity contribution in [3.05, 3.63) is 42.2 Å². The van der Waals surface area contributed by atoms with Gasteiger partial charge in [0.25, 0.3) is 0 Å². The minimum atomic E-state index is 0.535. The number of benzene rings is 2. The fraction of sp³-hybridized carbons (Fsp3) is 0.211. The van der Waals surface area contributed by atoms with Crippen LogP contribution >= 0.6 is 0 Å². The van der Waals surface area contributed by atoms with Crippen molar-refractivity contribution in [2.24, 2.45) is 0 Å². The van der Waals surface area contributed by atoms with Crippen molar-refractivity contribution >= 4 is 16.6 Å². The van der Waals surface area contributed by atoms with Gasteiger partial charge >= 0.3 is 0 Å². The summed E-state index contributed by atoms with van der Waals surface area (Å²) in [6.45, 7) is 1.93. The molecular weight excluding hydrogens is 332 g/mol. The van der Waals surface area contributed by atoms with E-state index >= 15 is 0 Å². The third-order valence-electron chi connectivity index (χ3n) is 4.34. The van der Waals surface area contributed by atoms with Crippen LogP contribution in [0.3, 0.4) is 0 Å². The molecule has 0 aliphatic carbocycles. The van der Waals surface area contributed by atoms with Gasteiger partial charge in [0, 0.05) is 10.9 Å². The van der Waals surface area contributed by atoms with Gasteiger partial charge in [-0.1, -0.05) is 12.1 Å². The molecule has 4 rings (SSSR count). The lowest BCUT2D eigenvalue weighted by Gasteiger charge is -2.14. The largest absolute Gasteiger partial charge is 0.493 e. The van der Waals surface area contributed by atoms with E-state index in [1.807, 2.05) is 47.7 Å². The quantitative estimate of drug-likeness (QED) is 0.562. The second-order valence-electron chi connectivity index (χ2n) is 5.77. The van der Waals surface area contributed by atoms with E-state index in [0.717, 1.165) is 27.9 Å². The topological polar surface area (TPSA) is 70.8 Å². The zero-order chi connectivity index (χ0) is 18.3. The number of ether oxygens (including phenoxy) is 3. The van der Waals surface area contributed by atoms with Crippen LogP contribution in [-0.4, -0.2) is 40.9 Å². The summed E-state index contributed by atoms with van der Waals surface area (Å²) in [6.07, 6.45) is 0. The highest BCUT2D eigenvalue weighted by atomic mass is 16.5. The number of hydrogen-bond donors (Lipinski definition) is 0. The van der Waals surface area contributed by atoms with Crippen LogP contribution in [0, 0.1) is 6.92 Å². The van der Waals surface area contributed by atoms with Crippen LogP contribution in [0.4, 0.5) is 0 Å². The van der Waals surface area contributed by atoms with Crippen molar-refractivity contribution < 1.29 is 14.2 Å². The molecule has 0 aliphatic heterocycles. The van der Waals surface area contributed by atoms with Gasteiger partial charge in [0.15, 0.2) is 23.0 Å². The molecule has 0 spiro atoms. The van der Waals surface area contributed by atoms with Crippen LogP contribution in [0.2, 0.25) is 0 Å². The molecule has 2 heterocycles. The highest BCUT2D eigenvalue weighted by Crippen LogP contribution is 2.41.